The summed E-state index contributed by atoms with van der Waals surface area (Å²) in [6.45, 7) is 15.9. The van der Waals surface area contributed by atoms with Gasteiger partial charge in [0.05, 0.1) is 13.2 Å². The maximum Gasteiger partial charge on any atom is 0.190 e. The Morgan fingerprint density at radius 2 is 1.76 bits per heavy atom. The zero-order valence-corrected chi connectivity index (χ0v) is 15.4. The van der Waals surface area contributed by atoms with Crippen LogP contribution in [0.25, 0.3) is 0 Å². The Morgan fingerprint density at radius 3 is 2.33 bits per heavy atom. The number of ether oxygens (including phenoxy) is 1. The molecule has 0 amide bonds. The molecule has 0 aliphatic carbocycles. The second-order valence-electron chi connectivity index (χ2n) is 8.08. The second kappa shape index (κ2) is 8.54. The van der Waals surface area contributed by atoms with Crippen molar-refractivity contribution >= 4 is 16.9 Å². The molecule has 1 rings (SSSR count). The maximum absolute atomic E-state index is 12.0. The first-order chi connectivity index (χ1) is 9.68. The van der Waals surface area contributed by atoms with Gasteiger partial charge in [-0.1, -0.05) is 46.4 Å². The third-order valence-electron chi connectivity index (χ3n) is 3.79. The molecule has 0 aromatic heterocycles. The van der Waals surface area contributed by atoms with Crippen LogP contribution in [0.3, 0.4) is 0 Å². The van der Waals surface area contributed by atoms with Crippen molar-refractivity contribution in [3.05, 3.63) is 0 Å². The van der Waals surface area contributed by atoms with E-state index in [1.807, 2.05) is 0 Å². The van der Waals surface area contributed by atoms with Crippen molar-refractivity contribution in [1.29, 1.82) is 0 Å². The number of morpholine rings is 1. The zero-order chi connectivity index (χ0) is 15.9. The fourth-order valence-electron chi connectivity index (χ4n) is 3.11. The molecule has 0 aromatic rings. The van der Waals surface area contributed by atoms with E-state index in [2.05, 4.69) is 39.5 Å². The fraction of sp³-hybridized carbons (Fsp3) is 0.941. The van der Waals surface area contributed by atoms with Crippen LogP contribution in [0.15, 0.2) is 0 Å². The molecule has 1 aliphatic rings. The van der Waals surface area contributed by atoms with Gasteiger partial charge in [0.15, 0.2) is 5.12 Å². The molecule has 0 bridgehead atoms. The molecule has 0 unspecified atom stereocenters. The minimum absolute atomic E-state index is 0.315. The summed E-state index contributed by atoms with van der Waals surface area (Å²) in [6, 6.07) is 0. The summed E-state index contributed by atoms with van der Waals surface area (Å²) in [5, 5.41) is 0.341. The van der Waals surface area contributed by atoms with Gasteiger partial charge in [-0.15, -0.1) is 0 Å². The number of carbonyl (C=O) groups excluding carboxylic acids is 1. The molecule has 4 heteroatoms. The van der Waals surface area contributed by atoms with Crippen LogP contribution in [-0.2, 0) is 9.53 Å². The summed E-state index contributed by atoms with van der Waals surface area (Å²) < 4.78 is 5.32. The summed E-state index contributed by atoms with van der Waals surface area (Å²) in [6.07, 6.45) is 2.98. The lowest BCUT2D eigenvalue weighted by Gasteiger charge is -2.32. The molecule has 0 N–H and O–H groups in total. The van der Waals surface area contributed by atoms with Gasteiger partial charge in [-0.05, 0) is 23.7 Å². The van der Waals surface area contributed by atoms with Crippen molar-refractivity contribution < 1.29 is 9.53 Å². The van der Waals surface area contributed by atoms with E-state index in [4.69, 9.17) is 4.74 Å². The summed E-state index contributed by atoms with van der Waals surface area (Å²) in [7, 11) is 0. The monoisotopic (exact) mass is 315 g/mol. The number of carbonyl (C=O) groups is 1. The van der Waals surface area contributed by atoms with Gasteiger partial charge in [0.25, 0.3) is 0 Å². The van der Waals surface area contributed by atoms with E-state index in [1.165, 1.54) is 18.2 Å². The van der Waals surface area contributed by atoms with Crippen LogP contribution in [-0.4, -0.2) is 48.6 Å². The summed E-state index contributed by atoms with van der Waals surface area (Å²) in [5.74, 6) is 0.949. The summed E-state index contributed by atoms with van der Waals surface area (Å²) >= 11 is 1.52. The molecule has 1 fully saturated rings. The highest BCUT2D eigenvalue weighted by Gasteiger charge is 2.25. The van der Waals surface area contributed by atoms with Gasteiger partial charge in [-0.3, -0.25) is 9.69 Å². The molecule has 0 aromatic carbocycles. The highest BCUT2D eigenvalue weighted by molar-refractivity contribution is 8.13. The first kappa shape index (κ1) is 19.0. The largest absolute Gasteiger partial charge is 0.379 e. The molecule has 0 radical (unpaired) electrons. The van der Waals surface area contributed by atoms with Crippen molar-refractivity contribution in [2.24, 2.45) is 10.8 Å². The highest BCUT2D eigenvalue weighted by atomic mass is 32.2. The molecule has 124 valence electrons. The average molecular weight is 316 g/mol. The first-order valence-electron chi connectivity index (χ1n) is 8.14. The van der Waals surface area contributed by atoms with Gasteiger partial charge in [0.2, 0.25) is 0 Å². The standard InChI is InChI=1S/C17H33NO2S/c1-16(2,3)14-17(4,5)7-13-21-15(19)6-8-18-9-11-20-12-10-18/h6-14H2,1-5H3. The molecule has 0 atom stereocenters. The minimum Gasteiger partial charge on any atom is -0.379 e. The molecule has 0 saturated carbocycles. The molecule has 21 heavy (non-hydrogen) atoms. The molecule has 1 aliphatic heterocycles. The van der Waals surface area contributed by atoms with Gasteiger partial charge in [-0.2, -0.15) is 0 Å². The van der Waals surface area contributed by atoms with Crippen molar-refractivity contribution in [3.63, 3.8) is 0 Å². The van der Waals surface area contributed by atoms with Crippen molar-refractivity contribution in [2.75, 3.05) is 38.6 Å². The van der Waals surface area contributed by atoms with Crippen LogP contribution in [0.1, 0.15) is 53.9 Å². The average Bonchev–Trinajstić information content (AvgIpc) is 2.34. The Labute approximate surface area is 135 Å². The lowest BCUT2D eigenvalue weighted by Crippen LogP contribution is -2.37. The smallest absolute Gasteiger partial charge is 0.190 e. The van der Waals surface area contributed by atoms with Crippen LogP contribution in [0.2, 0.25) is 0 Å². The lowest BCUT2D eigenvalue weighted by molar-refractivity contribution is -0.111. The topological polar surface area (TPSA) is 29.5 Å². The highest BCUT2D eigenvalue weighted by Crippen LogP contribution is 2.36. The molecule has 3 nitrogen and oxygen atoms in total. The van der Waals surface area contributed by atoms with E-state index in [0.29, 0.717) is 22.4 Å². The Morgan fingerprint density at radius 1 is 1.14 bits per heavy atom. The number of nitrogens with zero attached hydrogens (tertiary/aromatic N) is 1. The van der Waals surface area contributed by atoms with E-state index >= 15 is 0 Å². The third-order valence-corrected chi connectivity index (χ3v) is 4.72. The molecule has 1 saturated heterocycles. The first-order valence-corrected chi connectivity index (χ1v) is 9.12. The van der Waals surface area contributed by atoms with Crippen molar-refractivity contribution in [3.8, 4) is 0 Å². The molecular formula is C17H33NO2S. The van der Waals surface area contributed by atoms with E-state index < -0.39 is 0 Å². The van der Waals surface area contributed by atoms with Crippen LogP contribution >= 0.6 is 11.8 Å². The maximum atomic E-state index is 12.0. The minimum atomic E-state index is 0.315. The Hall–Kier alpha value is -0.0600. The SMILES string of the molecule is CC(C)(C)CC(C)(C)CCSC(=O)CCN1CCOCC1. The van der Waals surface area contributed by atoms with Crippen LogP contribution in [0, 0.1) is 10.8 Å². The van der Waals surface area contributed by atoms with Crippen molar-refractivity contribution in [1.82, 2.24) is 4.90 Å². The molecule has 1 heterocycles. The number of thioether (sulfide) groups is 1. The number of hydrogen-bond donors (Lipinski definition) is 0. The summed E-state index contributed by atoms with van der Waals surface area (Å²) in [5.41, 5.74) is 0.671. The molecule has 0 spiro atoms. The van der Waals surface area contributed by atoms with E-state index in [9.17, 15) is 4.79 Å². The van der Waals surface area contributed by atoms with E-state index in [1.54, 1.807) is 0 Å². The lowest BCUT2D eigenvalue weighted by atomic mass is 9.75. The van der Waals surface area contributed by atoms with Crippen molar-refractivity contribution in [2.45, 2.75) is 53.9 Å². The normalized spacial score (nSPS) is 18.0. The third kappa shape index (κ3) is 9.54. The summed E-state index contributed by atoms with van der Waals surface area (Å²) in [4.78, 5) is 14.3. The number of hydrogen-bond acceptors (Lipinski definition) is 4. The quantitative estimate of drug-likeness (QED) is 0.714. The zero-order valence-electron chi connectivity index (χ0n) is 14.5. The van der Waals surface area contributed by atoms with Gasteiger partial charge >= 0.3 is 0 Å². The van der Waals surface area contributed by atoms with E-state index in [0.717, 1.165) is 45.0 Å². The number of rotatable bonds is 7. The van der Waals surface area contributed by atoms with Crippen LogP contribution < -0.4 is 0 Å². The second-order valence-corrected chi connectivity index (χ2v) is 9.23. The predicted octanol–water partition coefficient (Wildman–Crippen LogP) is 3.82. The predicted molar refractivity (Wildman–Crippen MR) is 91.8 cm³/mol. The Bertz CT molecular complexity index is 317. The van der Waals surface area contributed by atoms with Crippen LogP contribution in [0.5, 0.6) is 0 Å². The van der Waals surface area contributed by atoms with Gasteiger partial charge < -0.3 is 4.74 Å². The molecular weight excluding hydrogens is 282 g/mol. The fourth-order valence-corrected chi connectivity index (χ4v) is 4.23. The van der Waals surface area contributed by atoms with Crippen LogP contribution in [0.4, 0.5) is 0 Å². The van der Waals surface area contributed by atoms with E-state index in [-0.39, 0.29) is 0 Å². The Kier molecular flexibility index (Phi) is 7.72. The van der Waals surface area contributed by atoms with Gasteiger partial charge in [-0.25, -0.2) is 0 Å². The Balaban J connectivity index is 2.14. The van der Waals surface area contributed by atoms with Gasteiger partial charge in [0, 0.05) is 31.8 Å². The van der Waals surface area contributed by atoms with Gasteiger partial charge in [0.1, 0.15) is 0 Å².